The predicted molar refractivity (Wildman–Crippen MR) is 185 cm³/mol. The molecule has 1 aromatic heterocycles. The van der Waals surface area contributed by atoms with Gasteiger partial charge >= 0.3 is 23.9 Å². The summed E-state index contributed by atoms with van der Waals surface area (Å²) in [4.78, 5) is 61.1. The Morgan fingerprint density at radius 2 is 1.41 bits per heavy atom. The number of hydrogen-bond donors (Lipinski definition) is 0. The third-order valence-electron chi connectivity index (χ3n) is 8.43. The predicted octanol–water partition coefficient (Wildman–Crippen LogP) is 4.64. The summed E-state index contributed by atoms with van der Waals surface area (Å²) in [5.74, 6) is -2.78. The summed E-state index contributed by atoms with van der Waals surface area (Å²) >= 11 is 0. The molecule has 3 aromatic rings. The second kappa shape index (κ2) is 17.2. The van der Waals surface area contributed by atoms with Gasteiger partial charge in [-0.05, 0) is 24.1 Å². The van der Waals surface area contributed by atoms with Crippen LogP contribution < -0.4 is 0 Å². The number of fused-ring (bicyclic) bond motifs is 1. The minimum Gasteiger partial charge on any atom is -0.463 e. The van der Waals surface area contributed by atoms with Crippen molar-refractivity contribution in [1.29, 1.82) is 0 Å². The molecule has 0 spiro atoms. The van der Waals surface area contributed by atoms with Gasteiger partial charge in [0.2, 0.25) is 6.10 Å². The summed E-state index contributed by atoms with van der Waals surface area (Å²) in [6, 6.07) is 22.7. The molecule has 0 radical (unpaired) electrons. The molecule has 0 bridgehead atoms. The molecule has 1 fully saturated rings. The first-order valence-corrected chi connectivity index (χ1v) is 16.8. The molecule has 270 valence electrons. The van der Waals surface area contributed by atoms with Crippen molar-refractivity contribution < 1.29 is 47.7 Å². The monoisotopic (exact) mass is 701 g/mol. The number of hydrogen-bond acceptors (Lipinski definition) is 13. The maximum atomic E-state index is 12.1. The van der Waals surface area contributed by atoms with Crippen LogP contribution in [-0.2, 0) is 60.7 Å². The number of aromatic nitrogens is 1. The van der Waals surface area contributed by atoms with Crippen molar-refractivity contribution in [2.75, 3.05) is 19.7 Å². The molecule has 0 aliphatic carbocycles. The van der Waals surface area contributed by atoms with E-state index >= 15 is 0 Å². The van der Waals surface area contributed by atoms with E-state index in [0.717, 1.165) is 54.9 Å². The summed E-state index contributed by atoms with van der Waals surface area (Å²) in [6.07, 6.45) is -5.14. The lowest BCUT2D eigenvalue weighted by Gasteiger charge is -2.43. The van der Waals surface area contributed by atoms with Gasteiger partial charge in [-0.3, -0.25) is 29.1 Å². The number of esters is 4. The SMILES string of the molecule is CC(=O)OC[C@H]1O[C@@H](ON=C(C)CCN2CCc3nc(-c4ccccc4)c(-c4ccccc4)cc3C2)[C@H](OC(C)=O)[C@@H](OC(C)=O)[C@@H]1OC(C)=O. The van der Waals surface area contributed by atoms with Crippen LogP contribution >= 0.6 is 0 Å². The van der Waals surface area contributed by atoms with E-state index in [0.29, 0.717) is 25.2 Å². The minimum atomic E-state index is -1.39. The molecular formula is C38H43N3O10. The molecule has 13 heteroatoms. The van der Waals surface area contributed by atoms with Gasteiger partial charge in [0.1, 0.15) is 12.7 Å². The molecule has 3 heterocycles. The van der Waals surface area contributed by atoms with Crippen molar-refractivity contribution in [1.82, 2.24) is 9.88 Å². The van der Waals surface area contributed by atoms with E-state index in [1.54, 1.807) is 6.92 Å². The van der Waals surface area contributed by atoms with Crippen LogP contribution in [0.5, 0.6) is 0 Å². The maximum absolute atomic E-state index is 12.1. The topological polar surface area (TPSA) is 152 Å². The van der Waals surface area contributed by atoms with Crippen molar-refractivity contribution in [3.8, 4) is 22.4 Å². The minimum absolute atomic E-state index is 0.357. The summed E-state index contributed by atoms with van der Waals surface area (Å²) in [5.41, 5.74) is 7.10. The number of oxime groups is 1. The van der Waals surface area contributed by atoms with E-state index in [1.165, 1.54) is 19.4 Å². The summed E-state index contributed by atoms with van der Waals surface area (Å²) < 4.78 is 27.4. The first-order valence-electron chi connectivity index (χ1n) is 16.8. The van der Waals surface area contributed by atoms with E-state index in [1.807, 2.05) is 36.4 Å². The normalized spacial score (nSPS) is 21.9. The van der Waals surface area contributed by atoms with Gasteiger partial charge in [0.25, 0.3) is 6.29 Å². The number of benzene rings is 2. The second-order valence-electron chi connectivity index (χ2n) is 12.5. The van der Waals surface area contributed by atoms with Crippen LogP contribution in [0.1, 0.15) is 52.3 Å². The lowest BCUT2D eigenvalue weighted by Crippen LogP contribution is -2.62. The highest BCUT2D eigenvalue weighted by Crippen LogP contribution is 2.34. The van der Waals surface area contributed by atoms with Gasteiger partial charge in [0.05, 0.1) is 11.4 Å². The average Bonchev–Trinajstić information content (AvgIpc) is 3.10. The van der Waals surface area contributed by atoms with Crippen molar-refractivity contribution >= 4 is 29.6 Å². The fraction of sp³-hybridized carbons (Fsp3) is 0.421. The Labute approximate surface area is 296 Å². The molecule has 0 saturated carbocycles. The number of ether oxygens (including phenoxy) is 5. The standard InChI is InChI=1S/C38H43N3O10/c1-23(40-51-38-37(49-27(5)45)36(48-26(4)44)35(47-25(3)43)33(50-38)22-46-24(2)42)16-18-41-19-17-32-30(21-41)20-31(28-12-8-6-9-13-28)34(39-32)29-14-10-7-11-15-29/h6-15,20,33,35-38H,16-19,21-22H2,1-5H3/t33-,35-,36+,37-,38+/m1/s1. The molecular weight excluding hydrogens is 658 g/mol. The Morgan fingerprint density at radius 1 is 0.804 bits per heavy atom. The Kier molecular flexibility index (Phi) is 12.5. The van der Waals surface area contributed by atoms with Gasteiger partial charge in [-0.25, -0.2) is 0 Å². The third-order valence-corrected chi connectivity index (χ3v) is 8.43. The van der Waals surface area contributed by atoms with E-state index < -0.39 is 54.6 Å². The van der Waals surface area contributed by atoms with Crippen LogP contribution in [0.4, 0.5) is 0 Å². The Hall–Kier alpha value is -5.14. The van der Waals surface area contributed by atoms with Crippen molar-refractivity contribution in [3.63, 3.8) is 0 Å². The maximum Gasteiger partial charge on any atom is 0.303 e. The van der Waals surface area contributed by atoms with Gasteiger partial charge in [-0.1, -0.05) is 65.8 Å². The molecule has 51 heavy (non-hydrogen) atoms. The van der Waals surface area contributed by atoms with Crippen LogP contribution in [0.3, 0.4) is 0 Å². The molecule has 5 atom stereocenters. The highest BCUT2D eigenvalue weighted by molar-refractivity contribution is 5.82. The fourth-order valence-corrected chi connectivity index (χ4v) is 6.16. The Balaban J connectivity index is 1.30. The van der Waals surface area contributed by atoms with E-state index in [9.17, 15) is 19.2 Å². The van der Waals surface area contributed by atoms with Crippen LogP contribution in [-0.4, -0.2) is 89.9 Å². The third kappa shape index (κ3) is 9.98. The quantitative estimate of drug-likeness (QED) is 0.112. The van der Waals surface area contributed by atoms with Crippen molar-refractivity contribution in [2.24, 2.45) is 5.16 Å². The Bertz CT molecular complexity index is 1730. The molecule has 0 N–H and O–H groups in total. The van der Waals surface area contributed by atoms with E-state index in [4.69, 9.17) is 33.5 Å². The summed E-state index contributed by atoms with van der Waals surface area (Å²) in [6.45, 7) is 8.33. The first kappa shape index (κ1) is 37.1. The van der Waals surface area contributed by atoms with Crippen LogP contribution in [0.15, 0.2) is 71.9 Å². The van der Waals surface area contributed by atoms with Gasteiger partial charge in [0.15, 0.2) is 12.2 Å². The van der Waals surface area contributed by atoms with E-state index in [2.05, 4.69) is 40.4 Å². The van der Waals surface area contributed by atoms with Gasteiger partial charge in [0, 0.05) is 77.0 Å². The zero-order valence-electron chi connectivity index (χ0n) is 29.4. The molecule has 2 aromatic carbocycles. The van der Waals surface area contributed by atoms with Gasteiger partial charge in [-0.15, -0.1) is 0 Å². The first-order chi connectivity index (χ1) is 24.5. The summed E-state index contributed by atoms with van der Waals surface area (Å²) in [5, 5.41) is 4.27. The average molecular weight is 702 g/mol. The van der Waals surface area contributed by atoms with Crippen molar-refractivity contribution in [2.45, 2.75) is 84.7 Å². The number of rotatable bonds is 12. The molecule has 1 saturated heterocycles. The Morgan fingerprint density at radius 3 is 2.04 bits per heavy atom. The van der Waals surface area contributed by atoms with Crippen LogP contribution in [0.2, 0.25) is 0 Å². The number of pyridine rings is 1. The lowest BCUT2D eigenvalue weighted by molar-refractivity contribution is -0.308. The highest BCUT2D eigenvalue weighted by atomic mass is 16.8. The van der Waals surface area contributed by atoms with Crippen LogP contribution in [0.25, 0.3) is 22.4 Å². The smallest absolute Gasteiger partial charge is 0.303 e. The number of carbonyl (C=O) groups is 4. The number of nitrogens with zero attached hydrogens (tertiary/aromatic N) is 3. The fourth-order valence-electron chi connectivity index (χ4n) is 6.16. The van der Waals surface area contributed by atoms with Crippen LogP contribution in [0, 0.1) is 0 Å². The molecule has 5 rings (SSSR count). The highest BCUT2D eigenvalue weighted by Gasteiger charge is 2.53. The van der Waals surface area contributed by atoms with Gasteiger partial charge in [-0.2, -0.15) is 0 Å². The van der Waals surface area contributed by atoms with E-state index in [-0.39, 0.29) is 6.61 Å². The van der Waals surface area contributed by atoms with Gasteiger partial charge < -0.3 is 28.5 Å². The second-order valence-corrected chi connectivity index (χ2v) is 12.5. The zero-order valence-corrected chi connectivity index (χ0v) is 29.4. The molecule has 2 aliphatic rings. The molecule has 2 aliphatic heterocycles. The largest absolute Gasteiger partial charge is 0.463 e. The summed E-state index contributed by atoms with van der Waals surface area (Å²) in [7, 11) is 0. The lowest BCUT2D eigenvalue weighted by atomic mass is 9.94. The molecule has 0 unspecified atom stereocenters. The zero-order chi connectivity index (χ0) is 36.5. The molecule has 0 amide bonds. The molecule has 13 nitrogen and oxygen atoms in total. The van der Waals surface area contributed by atoms with Crippen molar-refractivity contribution in [3.05, 3.63) is 78.0 Å². The number of carbonyl (C=O) groups excluding carboxylic acids is 4.